The van der Waals surface area contributed by atoms with Crippen molar-refractivity contribution < 1.29 is 4.42 Å². The van der Waals surface area contributed by atoms with E-state index < -0.39 is 0 Å². The Labute approximate surface area is 79.3 Å². The second-order valence-corrected chi connectivity index (χ2v) is 2.83. The van der Waals surface area contributed by atoms with Crippen molar-refractivity contribution in [2.75, 3.05) is 5.73 Å². The Morgan fingerprint density at radius 2 is 2.23 bits per heavy atom. The molecule has 0 spiro atoms. The van der Waals surface area contributed by atoms with Crippen LogP contribution >= 0.6 is 11.6 Å². The Hall–Kier alpha value is -1.55. The molecule has 0 aliphatic heterocycles. The van der Waals surface area contributed by atoms with Crippen LogP contribution in [0.5, 0.6) is 0 Å². The molecule has 0 amide bonds. The highest BCUT2D eigenvalue weighted by molar-refractivity contribution is 6.29. The molecule has 0 bridgehead atoms. The van der Waals surface area contributed by atoms with Gasteiger partial charge < -0.3 is 10.2 Å². The van der Waals surface area contributed by atoms with E-state index in [4.69, 9.17) is 21.8 Å². The molecule has 2 aromatic rings. The summed E-state index contributed by atoms with van der Waals surface area (Å²) in [5.41, 5.74) is 6.25. The maximum Gasteiger partial charge on any atom is 0.157 e. The first-order valence-corrected chi connectivity index (χ1v) is 3.98. The number of nitrogens with two attached hydrogens (primary N) is 1. The molecule has 5 heteroatoms. The Bertz CT molecular complexity index is 413. The van der Waals surface area contributed by atoms with E-state index >= 15 is 0 Å². The number of aromatic nitrogens is 2. The zero-order valence-corrected chi connectivity index (χ0v) is 7.32. The van der Waals surface area contributed by atoms with Crippen LogP contribution in [0, 0.1) is 0 Å². The van der Waals surface area contributed by atoms with Crippen LogP contribution in [0.2, 0.25) is 5.15 Å². The van der Waals surface area contributed by atoms with Crippen molar-refractivity contribution in [2.45, 2.75) is 0 Å². The number of furan rings is 1. The molecule has 0 saturated carbocycles. The maximum atomic E-state index is 5.66. The number of halogens is 1. The second kappa shape index (κ2) is 3.06. The largest absolute Gasteiger partial charge is 0.464 e. The minimum absolute atomic E-state index is 0.292. The van der Waals surface area contributed by atoms with Crippen molar-refractivity contribution in [3.05, 3.63) is 29.6 Å². The van der Waals surface area contributed by atoms with Crippen LogP contribution in [0.15, 0.2) is 28.9 Å². The van der Waals surface area contributed by atoms with Crippen LogP contribution in [0.1, 0.15) is 0 Å². The number of nitrogens with zero attached hydrogens (tertiary/aromatic N) is 2. The first-order valence-electron chi connectivity index (χ1n) is 3.60. The normalized spacial score (nSPS) is 10.2. The molecule has 0 unspecified atom stereocenters. The van der Waals surface area contributed by atoms with Gasteiger partial charge >= 0.3 is 0 Å². The fourth-order valence-electron chi connectivity index (χ4n) is 1.01. The van der Waals surface area contributed by atoms with Crippen LogP contribution in [0.4, 0.5) is 5.82 Å². The summed E-state index contributed by atoms with van der Waals surface area (Å²) in [6.45, 7) is 0. The van der Waals surface area contributed by atoms with E-state index in [1.54, 1.807) is 24.5 Å². The molecule has 2 N–H and O–H groups in total. The van der Waals surface area contributed by atoms with Crippen molar-refractivity contribution in [3.8, 4) is 11.3 Å². The Kier molecular flexibility index (Phi) is 1.90. The molecule has 2 aromatic heterocycles. The van der Waals surface area contributed by atoms with Gasteiger partial charge in [0.05, 0.1) is 11.8 Å². The summed E-state index contributed by atoms with van der Waals surface area (Å²) in [6, 6.07) is 5.16. The Balaban J connectivity index is 2.57. The average molecular weight is 196 g/mol. The monoisotopic (exact) mass is 195 g/mol. The first-order chi connectivity index (χ1) is 6.27. The topological polar surface area (TPSA) is 64.9 Å². The van der Waals surface area contributed by atoms with Crippen molar-refractivity contribution in [1.29, 1.82) is 0 Å². The van der Waals surface area contributed by atoms with Crippen molar-refractivity contribution in [2.24, 2.45) is 0 Å². The van der Waals surface area contributed by atoms with Crippen LogP contribution < -0.4 is 5.73 Å². The molecule has 0 radical (unpaired) electrons. The van der Waals surface area contributed by atoms with E-state index in [0.29, 0.717) is 22.3 Å². The average Bonchev–Trinajstić information content (AvgIpc) is 2.61. The molecule has 4 nitrogen and oxygen atoms in total. The number of hydrogen-bond donors (Lipinski definition) is 1. The molecule has 0 aliphatic rings. The number of anilines is 1. The van der Waals surface area contributed by atoms with Crippen molar-refractivity contribution >= 4 is 17.4 Å². The van der Waals surface area contributed by atoms with Crippen LogP contribution in [0.3, 0.4) is 0 Å². The zero-order chi connectivity index (χ0) is 9.26. The van der Waals surface area contributed by atoms with Gasteiger partial charge in [-0.15, -0.1) is 10.2 Å². The number of nitrogen functional groups attached to an aromatic ring is 1. The van der Waals surface area contributed by atoms with E-state index in [1.165, 1.54) is 0 Å². The molecule has 0 atom stereocenters. The fraction of sp³-hybridized carbons (Fsp3) is 0. The van der Waals surface area contributed by atoms with E-state index in [9.17, 15) is 0 Å². The lowest BCUT2D eigenvalue weighted by atomic mass is 10.2. The molecule has 13 heavy (non-hydrogen) atoms. The predicted octanol–water partition coefficient (Wildman–Crippen LogP) is 1.97. The molecule has 66 valence electrons. The molecule has 0 aromatic carbocycles. The summed E-state index contributed by atoms with van der Waals surface area (Å²) in [4.78, 5) is 0. The van der Waals surface area contributed by atoms with Crippen LogP contribution in [-0.4, -0.2) is 10.2 Å². The molecule has 0 saturated heterocycles. The second-order valence-electron chi connectivity index (χ2n) is 2.44. The van der Waals surface area contributed by atoms with Gasteiger partial charge in [-0.05, 0) is 18.2 Å². The van der Waals surface area contributed by atoms with E-state index in [-0.39, 0.29) is 0 Å². The quantitative estimate of drug-likeness (QED) is 0.756. The summed E-state index contributed by atoms with van der Waals surface area (Å²) < 4.78 is 5.15. The lowest BCUT2D eigenvalue weighted by molar-refractivity contribution is 0.582. The van der Waals surface area contributed by atoms with Gasteiger partial charge in [0.2, 0.25) is 0 Å². The van der Waals surface area contributed by atoms with Gasteiger partial charge in [-0.1, -0.05) is 11.6 Å². The summed E-state index contributed by atoms with van der Waals surface area (Å²) in [6.07, 6.45) is 1.56. The molecule has 2 heterocycles. The first kappa shape index (κ1) is 8.07. The van der Waals surface area contributed by atoms with Gasteiger partial charge in [0.1, 0.15) is 5.76 Å². The highest BCUT2D eigenvalue weighted by Crippen LogP contribution is 2.25. The third-order valence-electron chi connectivity index (χ3n) is 1.58. The van der Waals surface area contributed by atoms with Gasteiger partial charge in [-0.3, -0.25) is 0 Å². The molecular formula is C8H6ClN3O. The minimum atomic E-state index is 0.292. The van der Waals surface area contributed by atoms with Gasteiger partial charge in [0, 0.05) is 0 Å². The van der Waals surface area contributed by atoms with Crippen molar-refractivity contribution in [3.63, 3.8) is 0 Å². The third-order valence-corrected chi connectivity index (χ3v) is 1.76. The van der Waals surface area contributed by atoms with Crippen LogP contribution in [-0.2, 0) is 0 Å². The predicted molar refractivity (Wildman–Crippen MR) is 49.2 cm³/mol. The summed E-state index contributed by atoms with van der Waals surface area (Å²) in [5, 5.41) is 7.56. The molecule has 0 fully saturated rings. The maximum absolute atomic E-state index is 5.66. The zero-order valence-electron chi connectivity index (χ0n) is 6.57. The van der Waals surface area contributed by atoms with Crippen LogP contribution in [0.25, 0.3) is 11.3 Å². The van der Waals surface area contributed by atoms with Gasteiger partial charge in [0.15, 0.2) is 11.0 Å². The highest BCUT2D eigenvalue weighted by Gasteiger charge is 2.07. The van der Waals surface area contributed by atoms with Gasteiger partial charge in [-0.2, -0.15) is 0 Å². The van der Waals surface area contributed by atoms with Gasteiger partial charge in [0.25, 0.3) is 0 Å². The SMILES string of the molecule is Nc1nnc(Cl)cc1-c1ccco1. The summed E-state index contributed by atoms with van der Waals surface area (Å²) in [7, 11) is 0. The molecular weight excluding hydrogens is 190 g/mol. The van der Waals surface area contributed by atoms with Gasteiger partial charge in [-0.25, -0.2) is 0 Å². The fourth-order valence-corrected chi connectivity index (χ4v) is 1.15. The molecule has 0 aliphatic carbocycles. The standard InChI is InChI=1S/C8H6ClN3O/c9-7-4-5(8(10)12-11-7)6-2-1-3-13-6/h1-4H,(H2,10,12). The molecule has 2 rings (SSSR count). The van der Waals surface area contributed by atoms with Crippen molar-refractivity contribution in [1.82, 2.24) is 10.2 Å². The minimum Gasteiger partial charge on any atom is -0.464 e. The highest BCUT2D eigenvalue weighted by atomic mass is 35.5. The lowest BCUT2D eigenvalue weighted by Gasteiger charge is -1.99. The lowest BCUT2D eigenvalue weighted by Crippen LogP contribution is -1.95. The summed E-state index contributed by atoms with van der Waals surface area (Å²) in [5.74, 6) is 0.939. The van der Waals surface area contributed by atoms with E-state index in [0.717, 1.165) is 0 Å². The number of rotatable bonds is 1. The Morgan fingerprint density at radius 3 is 2.92 bits per heavy atom. The third kappa shape index (κ3) is 1.48. The summed E-state index contributed by atoms with van der Waals surface area (Å²) >= 11 is 5.66. The van der Waals surface area contributed by atoms with E-state index in [1.807, 2.05) is 0 Å². The smallest absolute Gasteiger partial charge is 0.157 e. The van der Waals surface area contributed by atoms with E-state index in [2.05, 4.69) is 10.2 Å². The Morgan fingerprint density at radius 1 is 1.38 bits per heavy atom. The number of hydrogen-bond acceptors (Lipinski definition) is 4.